The van der Waals surface area contributed by atoms with E-state index in [0.29, 0.717) is 67.1 Å². The highest BCUT2D eigenvalue weighted by Crippen LogP contribution is 2.45. The number of rotatable bonds is 11. The number of nitrogens with two attached hydrogens (primary N) is 1. The topological polar surface area (TPSA) is 85.0 Å². The number of halogens is 1. The van der Waals surface area contributed by atoms with Gasteiger partial charge in [0.15, 0.2) is 0 Å². The molecule has 0 aromatic heterocycles. The fraction of sp³-hybridized carbons (Fsp3) is 0.424. The number of unbranched alkanes of at least 4 members (excludes halogenated alkanes) is 1. The number of piperidine rings is 1. The Morgan fingerprint density at radius 1 is 1.12 bits per heavy atom. The zero-order valence-electron chi connectivity index (χ0n) is 23.8. The van der Waals surface area contributed by atoms with E-state index < -0.39 is 11.4 Å². The maximum atomic E-state index is 15.7. The predicted molar refractivity (Wildman–Crippen MR) is 156 cm³/mol. The fourth-order valence-corrected chi connectivity index (χ4v) is 5.91. The van der Waals surface area contributed by atoms with Crippen LogP contribution in [0.4, 0.5) is 4.39 Å². The molecule has 0 bridgehead atoms. The molecule has 4 rings (SSSR count). The Morgan fingerprint density at radius 2 is 1.90 bits per heavy atom. The number of likely N-dealkylation sites (tertiary alicyclic amines) is 1. The summed E-state index contributed by atoms with van der Waals surface area (Å²) < 4.78 is 26.4. The van der Waals surface area contributed by atoms with Crippen LogP contribution in [0.1, 0.15) is 59.2 Å². The quantitative estimate of drug-likeness (QED) is 0.295. The minimum absolute atomic E-state index is 0.0714. The predicted octanol–water partition coefficient (Wildman–Crippen LogP) is 5.83. The van der Waals surface area contributed by atoms with Crippen molar-refractivity contribution in [3.8, 4) is 16.9 Å². The SMILES string of the molecule is COCCCCC(O)(c1cccc(F)c1-c1cc(C)cc(OC)c1)C1CCCN(C(=O)c2ccc(CN)cc2)C1. The van der Waals surface area contributed by atoms with Crippen LogP contribution >= 0.6 is 0 Å². The molecule has 0 saturated carbocycles. The highest BCUT2D eigenvalue weighted by molar-refractivity contribution is 5.94. The van der Waals surface area contributed by atoms with Crippen LogP contribution in [-0.2, 0) is 16.9 Å². The van der Waals surface area contributed by atoms with Crippen LogP contribution in [0.5, 0.6) is 5.75 Å². The number of nitrogens with zero attached hydrogens (tertiary/aromatic N) is 1. The van der Waals surface area contributed by atoms with Crippen molar-refractivity contribution < 1.29 is 23.8 Å². The van der Waals surface area contributed by atoms with Gasteiger partial charge in [-0.25, -0.2) is 4.39 Å². The van der Waals surface area contributed by atoms with Crippen molar-refractivity contribution in [3.05, 3.63) is 88.7 Å². The summed E-state index contributed by atoms with van der Waals surface area (Å²) in [5.41, 5.74) is 8.44. The molecule has 214 valence electrons. The Morgan fingerprint density at radius 3 is 2.60 bits per heavy atom. The van der Waals surface area contributed by atoms with Gasteiger partial charge in [0.2, 0.25) is 0 Å². The van der Waals surface area contributed by atoms with Crippen molar-refractivity contribution in [2.24, 2.45) is 11.7 Å². The summed E-state index contributed by atoms with van der Waals surface area (Å²) in [5.74, 6) is -0.117. The third-order valence-electron chi connectivity index (χ3n) is 8.03. The van der Waals surface area contributed by atoms with Gasteiger partial charge in [0.05, 0.1) is 12.7 Å². The molecular weight excluding hydrogens is 507 g/mol. The smallest absolute Gasteiger partial charge is 0.253 e. The molecule has 2 unspecified atom stereocenters. The second kappa shape index (κ2) is 13.4. The molecule has 1 saturated heterocycles. The molecule has 1 heterocycles. The number of methoxy groups -OCH3 is 2. The first-order valence-corrected chi connectivity index (χ1v) is 14.1. The van der Waals surface area contributed by atoms with Crippen LogP contribution in [0.25, 0.3) is 11.1 Å². The molecule has 7 heteroatoms. The zero-order valence-corrected chi connectivity index (χ0v) is 23.8. The van der Waals surface area contributed by atoms with Crippen LogP contribution in [0.3, 0.4) is 0 Å². The van der Waals surface area contributed by atoms with E-state index in [2.05, 4.69) is 0 Å². The first-order chi connectivity index (χ1) is 19.3. The van der Waals surface area contributed by atoms with Crippen LogP contribution in [0.15, 0.2) is 60.7 Å². The van der Waals surface area contributed by atoms with E-state index in [1.165, 1.54) is 6.07 Å². The van der Waals surface area contributed by atoms with Gasteiger partial charge in [0.1, 0.15) is 11.6 Å². The second-order valence-electron chi connectivity index (χ2n) is 10.8. The molecule has 3 aromatic carbocycles. The van der Waals surface area contributed by atoms with E-state index in [-0.39, 0.29) is 11.8 Å². The lowest BCUT2D eigenvalue weighted by Gasteiger charge is -2.43. The van der Waals surface area contributed by atoms with Gasteiger partial charge >= 0.3 is 0 Å². The van der Waals surface area contributed by atoms with Crippen LogP contribution in [0, 0.1) is 18.7 Å². The van der Waals surface area contributed by atoms with Crippen molar-refractivity contribution >= 4 is 5.91 Å². The number of hydrogen-bond acceptors (Lipinski definition) is 5. The maximum absolute atomic E-state index is 15.7. The van der Waals surface area contributed by atoms with E-state index in [0.717, 1.165) is 30.4 Å². The molecule has 3 N–H and O–H groups in total. The Labute approximate surface area is 236 Å². The lowest BCUT2D eigenvalue weighted by Crippen LogP contribution is -2.48. The number of carbonyl (C=O) groups excluding carboxylic acids is 1. The minimum Gasteiger partial charge on any atom is -0.497 e. The van der Waals surface area contributed by atoms with Gasteiger partial charge in [-0.15, -0.1) is 0 Å². The molecular formula is C33H41FN2O4. The summed E-state index contributed by atoms with van der Waals surface area (Å²) in [6.07, 6.45) is 3.37. The lowest BCUT2D eigenvalue weighted by atomic mass is 9.72. The van der Waals surface area contributed by atoms with Crippen molar-refractivity contribution in [2.45, 2.75) is 51.2 Å². The van der Waals surface area contributed by atoms with Crippen molar-refractivity contribution in [3.63, 3.8) is 0 Å². The van der Waals surface area contributed by atoms with Crippen LogP contribution < -0.4 is 10.5 Å². The summed E-state index contributed by atoms with van der Waals surface area (Å²) in [6, 6.07) is 17.9. The third-order valence-corrected chi connectivity index (χ3v) is 8.03. The number of benzene rings is 3. The molecule has 0 radical (unpaired) electrons. The van der Waals surface area contributed by atoms with Gasteiger partial charge in [-0.1, -0.05) is 30.3 Å². The first kappa shape index (κ1) is 29.7. The molecule has 3 aromatic rings. The van der Waals surface area contributed by atoms with Gasteiger partial charge in [-0.05, 0) is 91.6 Å². The molecule has 0 aliphatic carbocycles. The third kappa shape index (κ3) is 6.54. The number of aryl methyl sites for hydroxylation is 1. The van der Waals surface area contributed by atoms with E-state index in [4.69, 9.17) is 15.2 Å². The van der Waals surface area contributed by atoms with Crippen molar-refractivity contribution in [1.82, 2.24) is 4.90 Å². The average molecular weight is 549 g/mol. The highest BCUT2D eigenvalue weighted by atomic mass is 19.1. The van der Waals surface area contributed by atoms with E-state index in [9.17, 15) is 9.90 Å². The Bertz CT molecular complexity index is 1300. The number of hydrogen-bond donors (Lipinski definition) is 2. The molecule has 1 fully saturated rings. The van der Waals surface area contributed by atoms with Crippen LogP contribution in [-0.4, -0.2) is 49.8 Å². The number of aliphatic hydroxyl groups is 1. The monoisotopic (exact) mass is 548 g/mol. The maximum Gasteiger partial charge on any atom is 0.253 e. The summed E-state index contributed by atoms with van der Waals surface area (Å²) in [5, 5.41) is 12.6. The normalized spacial score (nSPS) is 16.9. The van der Waals surface area contributed by atoms with Crippen LogP contribution in [0.2, 0.25) is 0 Å². The van der Waals surface area contributed by atoms with E-state index in [1.54, 1.807) is 32.4 Å². The van der Waals surface area contributed by atoms with Crippen molar-refractivity contribution in [2.75, 3.05) is 33.9 Å². The molecule has 1 aliphatic rings. The molecule has 1 aliphatic heterocycles. The summed E-state index contributed by atoms with van der Waals surface area (Å²) in [7, 11) is 3.25. The second-order valence-corrected chi connectivity index (χ2v) is 10.8. The van der Waals surface area contributed by atoms with Gasteiger partial charge in [-0.2, -0.15) is 0 Å². The van der Waals surface area contributed by atoms with E-state index in [1.807, 2.05) is 48.2 Å². The summed E-state index contributed by atoms with van der Waals surface area (Å²) in [6.45, 7) is 3.92. The van der Waals surface area contributed by atoms with Gasteiger partial charge in [0.25, 0.3) is 5.91 Å². The number of ether oxygens (including phenoxy) is 2. The summed E-state index contributed by atoms with van der Waals surface area (Å²) in [4.78, 5) is 15.3. The van der Waals surface area contributed by atoms with Gasteiger partial charge in [0, 0.05) is 50.4 Å². The molecule has 2 atom stereocenters. The molecule has 1 amide bonds. The standard InChI is InChI=1S/C33H41FN2O4/c1-23-18-26(20-28(19-23)40-3)31-29(9-6-10-30(31)34)33(38,15-4-5-17-39-2)27-8-7-16-36(22-27)32(37)25-13-11-24(21-35)12-14-25/h6,9-14,18-20,27,38H,4-5,7-8,15-17,21-22,35H2,1-3H3. The summed E-state index contributed by atoms with van der Waals surface area (Å²) >= 11 is 0. The molecule has 40 heavy (non-hydrogen) atoms. The molecule has 0 spiro atoms. The zero-order chi connectivity index (χ0) is 28.7. The lowest BCUT2D eigenvalue weighted by molar-refractivity contribution is -0.0575. The van der Waals surface area contributed by atoms with Crippen molar-refractivity contribution in [1.29, 1.82) is 0 Å². The minimum atomic E-state index is -1.36. The van der Waals surface area contributed by atoms with Gasteiger partial charge in [-0.3, -0.25) is 4.79 Å². The fourth-order valence-electron chi connectivity index (χ4n) is 5.91. The first-order valence-electron chi connectivity index (χ1n) is 14.1. The Kier molecular flexibility index (Phi) is 9.95. The largest absolute Gasteiger partial charge is 0.497 e. The Hall–Kier alpha value is -3.26. The van der Waals surface area contributed by atoms with E-state index >= 15 is 4.39 Å². The highest BCUT2D eigenvalue weighted by Gasteiger charge is 2.43. The number of carbonyl (C=O) groups is 1. The van der Waals surface area contributed by atoms with Gasteiger partial charge < -0.3 is 25.2 Å². The average Bonchev–Trinajstić information content (AvgIpc) is 2.98. The Balaban J connectivity index is 1.73. The number of amides is 1. The molecule has 6 nitrogen and oxygen atoms in total.